The van der Waals surface area contributed by atoms with Crippen LogP contribution < -0.4 is 5.32 Å². The zero-order chi connectivity index (χ0) is 13.0. The van der Waals surface area contributed by atoms with E-state index >= 15 is 0 Å². The van der Waals surface area contributed by atoms with Crippen LogP contribution in [0, 0.1) is 5.41 Å². The van der Waals surface area contributed by atoms with Crippen LogP contribution in [0.15, 0.2) is 0 Å². The van der Waals surface area contributed by atoms with Gasteiger partial charge in [0, 0.05) is 23.7 Å². The van der Waals surface area contributed by atoms with Crippen molar-refractivity contribution in [2.24, 2.45) is 5.41 Å². The van der Waals surface area contributed by atoms with Crippen molar-refractivity contribution in [2.45, 2.75) is 70.3 Å². The van der Waals surface area contributed by atoms with E-state index in [2.05, 4.69) is 37.8 Å². The van der Waals surface area contributed by atoms with Crippen LogP contribution in [0.25, 0.3) is 0 Å². The van der Waals surface area contributed by atoms with Gasteiger partial charge in [0.15, 0.2) is 0 Å². The lowest BCUT2D eigenvalue weighted by Crippen LogP contribution is -2.45. The van der Waals surface area contributed by atoms with Gasteiger partial charge in [0.25, 0.3) is 0 Å². The predicted octanol–water partition coefficient (Wildman–Crippen LogP) is 3.46. The molecule has 0 radical (unpaired) electrons. The highest BCUT2D eigenvalue weighted by molar-refractivity contribution is 8.00. The van der Waals surface area contributed by atoms with Gasteiger partial charge in [-0.3, -0.25) is 0 Å². The Balaban J connectivity index is 1.83. The van der Waals surface area contributed by atoms with Crippen molar-refractivity contribution >= 4 is 11.8 Å². The molecule has 0 aromatic carbocycles. The molecule has 3 atom stereocenters. The molecule has 1 aliphatic carbocycles. The van der Waals surface area contributed by atoms with Crippen LogP contribution in [0.2, 0.25) is 0 Å². The summed E-state index contributed by atoms with van der Waals surface area (Å²) in [5.41, 5.74) is 0.528. The Kier molecular flexibility index (Phi) is 5.40. The van der Waals surface area contributed by atoms with E-state index in [0.717, 1.165) is 24.4 Å². The summed E-state index contributed by atoms with van der Waals surface area (Å²) in [6, 6.07) is 0.717. The van der Waals surface area contributed by atoms with Gasteiger partial charge >= 0.3 is 0 Å². The van der Waals surface area contributed by atoms with Crippen molar-refractivity contribution < 1.29 is 4.74 Å². The molecule has 1 saturated carbocycles. The Labute approximate surface area is 117 Å². The number of rotatable bonds is 5. The van der Waals surface area contributed by atoms with Gasteiger partial charge in [-0.2, -0.15) is 11.8 Å². The molecule has 1 N–H and O–H groups in total. The van der Waals surface area contributed by atoms with E-state index in [1.54, 1.807) is 0 Å². The molecule has 2 fully saturated rings. The monoisotopic (exact) mass is 271 g/mol. The molecule has 1 aliphatic heterocycles. The van der Waals surface area contributed by atoms with Gasteiger partial charge in [0.1, 0.15) is 0 Å². The quantitative estimate of drug-likeness (QED) is 0.827. The second-order valence-corrected chi connectivity index (χ2v) is 7.85. The zero-order valence-electron chi connectivity index (χ0n) is 12.2. The molecule has 0 spiro atoms. The van der Waals surface area contributed by atoms with Crippen LogP contribution in [0.1, 0.15) is 52.9 Å². The number of thioether (sulfide) groups is 1. The lowest BCUT2D eigenvalue weighted by molar-refractivity contribution is 0.128. The molecule has 2 aliphatic rings. The highest BCUT2D eigenvalue weighted by atomic mass is 32.2. The van der Waals surface area contributed by atoms with Gasteiger partial charge in [0.2, 0.25) is 0 Å². The first kappa shape index (κ1) is 14.7. The van der Waals surface area contributed by atoms with E-state index in [4.69, 9.17) is 4.74 Å². The largest absolute Gasteiger partial charge is 0.377 e. The van der Waals surface area contributed by atoms with E-state index in [1.165, 1.54) is 37.9 Å². The molecule has 3 heteroatoms. The van der Waals surface area contributed by atoms with Crippen molar-refractivity contribution in [3.8, 4) is 0 Å². The van der Waals surface area contributed by atoms with Crippen LogP contribution in [0.5, 0.6) is 0 Å². The zero-order valence-corrected chi connectivity index (χ0v) is 13.0. The molecule has 3 unspecified atom stereocenters. The fraction of sp³-hybridized carbons (Fsp3) is 1.00. The Morgan fingerprint density at radius 1 is 1.33 bits per heavy atom. The average Bonchev–Trinajstić information content (AvgIpc) is 2.82. The van der Waals surface area contributed by atoms with E-state index in [0.29, 0.717) is 11.5 Å². The number of hydrogen-bond acceptors (Lipinski definition) is 3. The molecule has 1 saturated heterocycles. The molecule has 106 valence electrons. The molecule has 1 heterocycles. The van der Waals surface area contributed by atoms with Gasteiger partial charge in [-0.1, -0.05) is 20.8 Å². The van der Waals surface area contributed by atoms with Gasteiger partial charge in [-0.15, -0.1) is 0 Å². The minimum Gasteiger partial charge on any atom is -0.377 e. The predicted molar refractivity (Wildman–Crippen MR) is 80.3 cm³/mol. The van der Waals surface area contributed by atoms with Crippen LogP contribution in [0.3, 0.4) is 0 Å². The maximum absolute atomic E-state index is 5.75. The summed E-state index contributed by atoms with van der Waals surface area (Å²) in [6.07, 6.45) is 7.11. The summed E-state index contributed by atoms with van der Waals surface area (Å²) >= 11 is 2.16. The number of hydrogen-bond donors (Lipinski definition) is 1. The van der Waals surface area contributed by atoms with Crippen LogP contribution in [-0.2, 0) is 4.74 Å². The molecule has 0 amide bonds. The van der Waals surface area contributed by atoms with Gasteiger partial charge in [0.05, 0.1) is 6.10 Å². The maximum Gasteiger partial charge on any atom is 0.0666 e. The standard InChI is InChI=1S/C15H29NOS/c1-4-16-13-7-8-15(2,3)10-14(13)18-11-12-6-5-9-17-12/h12-14,16H,4-11H2,1-3H3. The third-order valence-corrected chi connectivity index (χ3v) is 5.81. The first-order chi connectivity index (χ1) is 8.61. The van der Waals surface area contributed by atoms with E-state index in [1.807, 2.05) is 0 Å². The molecule has 18 heavy (non-hydrogen) atoms. The summed E-state index contributed by atoms with van der Waals surface area (Å²) < 4.78 is 5.75. The van der Waals surface area contributed by atoms with Crippen molar-refractivity contribution in [2.75, 3.05) is 18.9 Å². The molecule has 2 rings (SSSR count). The second-order valence-electron chi connectivity index (χ2n) is 6.58. The third-order valence-electron chi connectivity index (χ3n) is 4.32. The lowest BCUT2D eigenvalue weighted by atomic mass is 9.75. The van der Waals surface area contributed by atoms with E-state index in [9.17, 15) is 0 Å². The summed E-state index contributed by atoms with van der Waals surface area (Å²) in [4.78, 5) is 0. The lowest BCUT2D eigenvalue weighted by Gasteiger charge is -2.41. The fourth-order valence-electron chi connectivity index (χ4n) is 3.20. The van der Waals surface area contributed by atoms with Crippen molar-refractivity contribution in [1.82, 2.24) is 5.32 Å². The molecule has 2 nitrogen and oxygen atoms in total. The minimum atomic E-state index is 0.528. The van der Waals surface area contributed by atoms with E-state index in [-0.39, 0.29) is 0 Å². The fourth-order valence-corrected chi connectivity index (χ4v) is 4.96. The average molecular weight is 271 g/mol. The highest BCUT2D eigenvalue weighted by Crippen LogP contribution is 2.41. The second kappa shape index (κ2) is 6.62. The van der Waals surface area contributed by atoms with Gasteiger partial charge in [-0.25, -0.2) is 0 Å². The Bertz CT molecular complexity index is 251. The number of ether oxygens (including phenoxy) is 1. The SMILES string of the molecule is CCNC1CCC(C)(C)CC1SCC1CCCO1. The smallest absolute Gasteiger partial charge is 0.0666 e. The number of nitrogens with one attached hydrogen (secondary N) is 1. The summed E-state index contributed by atoms with van der Waals surface area (Å²) in [5.74, 6) is 1.20. The van der Waals surface area contributed by atoms with E-state index < -0.39 is 0 Å². The Morgan fingerprint density at radius 2 is 2.17 bits per heavy atom. The van der Waals surface area contributed by atoms with Gasteiger partial charge < -0.3 is 10.1 Å². The van der Waals surface area contributed by atoms with Crippen LogP contribution >= 0.6 is 11.8 Å². The third kappa shape index (κ3) is 4.14. The Hall–Kier alpha value is 0.270. The first-order valence-corrected chi connectivity index (χ1v) is 8.62. The van der Waals surface area contributed by atoms with Gasteiger partial charge in [-0.05, 0) is 44.1 Å². The maximum atomic E-state index is 5.75. The van der Waals surface area contributed by atoms with Crippen molar-refractivity contribution in [3.63, 3.8) is 0 Å². The van der Waals surface area contributed by atoms with Crippen LogP contribution in [0.4, 0.5) is 0 Å². The normalized spacial score (nSPS) is 35.8. The highest BCUT2D eigenvalue weighted by Gasteiger charge is 2.35. The van der Waals surface area contributed by atoms with Crippen molar-refractivity contribution in [3.05, 3.63) is 0 Å². The topological polar surface area (TPSA) is 21.3 Å². The molecule has 0 aromatic heterocycles. The first-order valence-electron chi connectivity index (χ1n) is 7.57. The molecular weight excluding hydrogens is 242 g/mol. The molecule has 0 bridgehead atoms. The summed E-state index contributed by atoms with van der Waals surface area (Å²) in [5, 5.41) is 4.46. The summed E-state index contributed by atoms with van der Waals surface area (Å²) in [7, 11) is 0. The Morgan fingerprint density at radius 3 is 2.83 bits per heavy atom. The summed E-state index contributed by atoms with van der Waals surface area (Å²) in [6.45, 7) is 9.16. The minimum absolute atomic E-state index is 0.528. The molecule has 0 aromatic rings. The molecular formula is C15H29NOS. The van der Waals surface area contributed by atoms with Crippen LogP contribution in [-0.4, -0.2) is 36.3 Å². The van der Waals surface area contributed by atoms with Crippen molar-refractivity contribution in [1.29, 1.82) is 0 Å².